The van der Waals surface area contributed by atoms with Gasteiger partial charge in [0.2, 0.25) is 0 Å². The van der Waals surface area contributed by atoms with E-state index in [1.807, 2.05) is 0 Å². The lowest BCUT2D eigenvalue weighted by atomic mass is 10.2. The molecule has 20 heavy (non-hydrogen) atoms. The van der Waals surface area contributed by atoms with Crippen LogP contribution in [0.2, 0.25) is 5.02 Å². The van der Waals surface area contributed by atoms with Crippen LogP contribution in [-0.4, -0.2) is 22.8 Å². The number of fused-ring (bicyclic) bond motifs is 1. The van der Waals surface area contributed by atoms with Gasteiger partial charge in [-0.25, -0.2) is 0 Å². The molecule has 0 aliphatic rings. The maximum atomic E-state index is 12.6. The molecule has 2 aromatic carbocycles. The first-order chi connectivity index (χ1) is 9.50. The third kappa shape index (κ3) is 1.97. The molecule has 0 unspecified atom stereocenters. The summed E-state index contributed by atoms with van der Waals surface area (Å²) >= 11 is 5.92. The fourth-order valence-corrected chi connectivity index (χ4v) is 3.33. The van der Waals surface area contributed by atoms with E-state index in [1.165, 1.54) is 12.1 Å². The first-order valence-electron chi connectivity index (χ1n) is 5.82. The molecular weight excluding hydrogens is 298 g/mol. The summed E-state index contributed by atoms with van der Waals surface area (Å²) in [6.45, 7) is 1.75. The summed E-state index contributed by atoms with van der Waals surface area (Å²) in [5.74, 6) is 0. The summed E-state index contributed by atoms with van der Waals surface area (Å²) in [7, 11) is -3.78. The van der Waals surface area contributed by atoms with Crippen LogP contribution >= 0.6 is 11.6 Å². The minimum Gasteiger partial charge on any atom is -0.199 e. The first-order valence-corrected chi connectivity index (χ1v) is 7.64. The Morgan fingerprint density at radius 1 is 1.15 bits per heavy atom. The van der Waals surface area contributed by atoms with Gasteiger partial charge >= 0.3 is 0 Å². The monoisotopic (exact) mass is 307 g/mol. The van der Waals surface area contributed by atoms with E-state index < -0.39 is 10.0 Å². The zero-order valence-electron chi connectivity index (χ0n) is 10.5. The highest BCUT2D eigenvalue weighted by Crippen LogP contribution is 2.22. The van der Waals surface area contributed by atoms with E-state index in [-0.39, 0.29) is 4.90 Å². The van der Waals surface area contributed by atoms with Crippen molar-refractivity contribution in [2.45, 2.75) is 11.8 Å². The summed E-state index contributed by atoms with van der Waals surface area (Å²) in [4.78, 5) is 0.134. The fourth-order valence-electron chi connectivity index (χ4n) is 1.90. The molecule has 1 heterocycles. The summed E-state index contributed by atoms with van der Waals surface area (Å²) in [6.07, 6.45) is 0. The SMILES string of the molecule is Cc1cc(S(=O)(=O)n2nnc3ccccc32)ccc1Cl. The zero-order chi connectivity index (χ0) is 14.3. The van der Waals surface area contributed by atoms with Gasteiger partial charge in [-0.05, 0) is 42.8 Å². The number of hydrogen-bond acceptors (Lipinski definition) is 4. The van der Waals surface area contributed by atoms with Crippen LogP contribution in [0.5, 0.6) is 0 Å². The number of aromatic nitrogens is 3. The van der Waals surface area contributed by atoms with Gasteiger partial charge < -0.3 is 0 Å². The quantitative estimate of drug-likeness (QED) is 0.730. The Labute approximate surface area is 120 Å². The van der Waals surface area contributed by atoms with Gasteiger partial charge in [0.25, 0.3) is 10.0 Å². The summed E-state index contributed by atoms with van der Waals surface area (Å²) in [5, 5.41) is 8.12. The maximum absolute atomic E-state index is 12.6. The van der Waals surface area contributed by atoms with Crippen LogP contribution in [0.25, 0.3) is 11.0 Å². The Hall–Kier alpha value is -1.92. The zero-order valence-corrected chi connectivity index (χ0v) is 12.1. The molecule has 0 saturated carbocycles. The van der Waals surface area contributed by atoms with Crippen molar-refractivity contribution < 1.29 is 8.42 Å². The van der Waals surface area contributed by atoms with E-state index in [9.17, 15) is 8.42 Å². The van der Waals surface area contributed by atoms with E-state index in [0.29, 0.717) is 21.6 Å². The number of hydrogen-bond donors (Lipinski definition) is 0. The third-order valence-corrected chi connectivity index (χ3v) is 4.98. The number of aryl methyl sites for hydroxylation is 1. The average molecular weight is 308 g/mol. The van der Waals surface area contributed by atoms with Gasteiger partial charge in [-0.2, -0.15) is 8.42 Å². The van der Waals surface area contributed by atoms with E-state index in [1.54, 1.807) is 37.3 Å². The molecule has 0 aliphatic heterocycles. The predicted molar refractivity (Wildman–Crippen MR) is 76.3 cm³/mol. The van der Waals surface area contributed by atoms with Crippen molar-refractivity contribution in [1.82, 2.24) is 14.4 Å². The number of nitrogens with zero attached hydrogens (tertiary/aromatic N) is 3. The maximum Gasteiger partial charge on any atom is 0.284 e. The summed E-state index contributed by atoms with van der Waals surface area (Å²) in [5.41, 5.74) is 1.67. The topological polar surface area (TPSA) is 64.8 Å². The first kappa shape index (κ1) is 13.1. The van der Waals surface area contributed by atoms with Crippen LogP contribution in [0, 0.1) is 6.92 Å². The predicted octanol–water partition coefficient (Wildman–Crippen LogP) is 2.63. The van der Waals surface area contributed by atoms with Crippen LogP contribution in [0.4, 0.5) is 0 Å². The molecule has 102 valence electrons. The van der Waals surface area contributed by atoms with Crippen LogP contribution in [0.1, 0.15) is 5.56 Å². The van der Waals surface area contributed by atoms with E-state index >= 15 is 0 Å². The minimum absolute atomic E-state index is 0.134. The van der Waals surface area contributed by atoms with Gasteiger partial charge in [0.05, 0.1) is 4.90 Å². The van der Waals surface area contributed by atoms with Gasteiger partial charge in [-0.15, -0.1) is 9.19 Å². The second-order valence-electron chi connectivity index (χ2n) is 4.34. The molecule has 0 aliphatic carbocycles. The standard InChI is InChI=1S/C13H10ClN3O2S/c1-9-8-10(6-7-11(9)14)20(18,19)17-13-5-3-2-4-12(13)15-16-17/h2-8H,1H3. The van der Waals surface area contributed by atoms with Gasteiger partial charge in [0.1, 0.15) is 11.0 Å². The van der Waals surface area contributed by atoms with Gasteiger partial charge in [-0.3, -0.25) is 0 Å². The highest BCUT2D eigenvalue weighted by molar-refractivity contribution is 7.90. The number of rotatable bonds is 2. The van der Waals surface area contributed by atoms with Crippen molar-refractivity contribution in [1.29, 1.82) is 0 Å². The molecule has 7 heteroatoms. The number of benzene rings is 2. The molecule has 0 saturated heterocycles. The average Bonchev–Trinajstić information content (AvgIpc) is 2.86. The molecule has 0 fully saturated rings. The van der Waals surface area contributed by atoms with Crippen LogP contribution in [0.3, 0.4) is 0 Å². The molecule has 0 radical (unpaired) electrons. The van der Waals surface area contributed by atoms with Gasteiger partial charge in [0, 0.05) is 5.02 Å². The Kier molecular flexibility index (Phi) is 2.99. The van der Waals surface area contributed by atoms with Crippen molar-refractivity contribution in [3.8, 4) is 0 Å². The smallest absolute Gasteiger partial charge is 0.199 e. The number of halogens is 1. The second-order valence-corrected chi connectivity index (χ2v) is 6.51. The van der Waals surface area contributed by atoms with Gasteiger partial charge in [0.15, 0.2) is 0 Å². The van der Waals surface area contributed by atoms with Crippen LogP contribution < -0.4 is 0 Å². The third-order valence-electron chi connectivity index (χ3n) is 2.98. The molecule has 3 rings (SSSR count). The Bertz CT molecular complexity index is 903. The molecule has 5 nitrogen and oxygen atoms in total. The molecule has 1 aromatic heterocycles. The molecular formula is C13H10ClN3O2S. The van der Waals surface area contributed by atoms with E-state index in [4.69, 9.17) is 11.6 Å². The molecule has 0 amide bonds. The molecule has 0 bridgehead atoms. The normalized spacial score (nSPS) is 11.9. The Morgan fingerprint density at radius 3 is 2.65 bits per heavy atom. The Morgan fingerprint density at radius 2 is 1.90 bits per heavy atom. The van der Waals surface area contributed by atoms with Crippen molar-refractivity contribution in [2.75, 3.05) is 0 Å². The highest BCUT2D eigenvalue weighted by Gasteiger charge is 2.21. The van der Waals surface area contributed by atoms with Gasteiger partial charge in [-0.1, -0.05) is 28.9 Å². The minimum atomic E-state index is -3.78. The molecule has 0 atom stereocenters. The van der Waals surface area contributed by atoms with E-state index in [0.717, 1.165) is 4.09 Å². The molecule has 0 spiro atoms. The van der Waals surface area contributed by atoms with E-state index in [2.05, 4.69) is 10.3 Å². The summed E-state index contributed by atoms with van der Waals surface area (Å²) in [6, 6.07) is 11.4. The lowest BCUT2D eigenvalue weighted by Gasteiger charge is -2.06. The second kappa shape index (κ2) is 4.57. The number of para-hydroxylation sites is 1. The molecule has 0 N–H and O–H groups in total. The van der Waals surface area contributed by atoms with Crippen molar-refractivity contribution >= 4 is 32.7 Å². The van der Waals surface area contributed by atoms with Crippen molar-refractivity contribution in [3.05, 3.63) is 53.1 Å². The van der Waals surface area contributed by atoms with Crippen LogP contribution in [-0.2, 0) is 10.0 Å². The van der Waals surface area contributed by atoms with Crippen molar-refractivity contribution in [2.24, 2.45) is 0 Å². The highest BCUT2D eigenvalue weighted by atomic mass is 35.5. The molecule has 3 aromatic rings. The lowest BCUT2D eigenvalue weighted by Crippen LogP contribution is -2.14. The van der Waals surface area contributed by atoms with Crippen molar-refractivity contribution in [3.63, 3.8) is 0 Å². The van der Waals surface area contributed by atoms with Crippen LogP contribution in [0.15, 0.2) is 47.4 Å². The lowest BCUT2D eigenvalue weighted by molar-refractivity contribution is 0.579. The largest absolute Gasteiger partial charge is 0.284 e. The fraction of sp³-hybridized carbons (Fsp3) is 0.0769. The summed E-state index contributed by atoms with van der Waals surface area (Å²) < 4.78 is 26.1. The Balaban J connectivity index is 2.23.